The molecule has 0 bridgehead atoms. The predicted molar refractivity (Wildman–Crippen MR) is 107 cm³/mol. The number of ether oxygens (including phenoxy) is 2. The molecule has 1 N–H and O–H groups in total. The molecule has 0 unspecified atom stereocenters. The molecule has 0 atom stereocenters. The maximum absolute atomic E-state index is 13.1. The monoisotopic (exact) mass is 402 g/mol. The molecule has 0 aliphatic rings. The summed E-state index contributed by atoms with van der Waals surface area (Å²) in [6, 6.07) is 10.1. The Morgan fingerprint density at radius 2 is 1.61 bits per heavy atom. The van der Waals surface area contributed by atoms with Gasteiger partial charge in [-0.3, -0.25) is 4.72 Å². The van der Waals surface area contributed by atoms with Gasteiger partial charge in [0.05, 0.1) is 30.5 Å². The Morgan fingerprint density at radius 3 is 2.14 bits per heavy atom. The number of aromatic nitrogens is 1. The minimum atomic E-state index is -3.85. The van der Waals surface area contributed by atoms with E-state index in [2.05, 4.69) is 9.88 Å². The van der Waals surface area contributed by atoms with E-state index in [0.717, 1.165) is 11.1 Å². The summed E-state index contributed by atoms with van der Waals surface area (Å²) in [6.07, 6.45) is 0. The van der Waals surface area contributed by atoms with Crippen molar-refractivity contribution in [2.75, 3.05) is 18.9 Å². The number of aryl methyl sites for hydroxylation is 3. The summed E-state index contributed by atoms with van der Waals surface area (Å²) >= 11 is 0. The molecule has 0 spiro atoms. The van der Waals surface area contributed by atoms with Crippen molar-refractivity contribution in [2.24, 2.45) is 0 Å². The molecular weight excluding hydrogens is 380 g/mol. The van der Waals surface area contributed by atoms with Crippen LogP contribution >= 0.6 is 0 Å². The van der Waals surface area contributed by atoms with E-state index in [1.165, 1.54) is 14.2 Å². The molecule has 8 heteroatoms. The van der Waals surface area contributed by atoms with E-state index in [-0.39, 0.29) is 4.90 Å². The predicted octanol–water partition coefficient (Wildman–Crippen LogP) is 4.08. The van der Waals surface area contributed by atoms with E-state index in [0.29, 0.717) is 34.2 Å². The van der Waals surface area contributed by atoms with Crippen LogP contribution in [0, 0.1) is 20.8 Å². The average molecular weight is 402 g/mol. The molecule has 0 saturated heterocycles. The molecule has 3 aromatic rings. The van der Waals surface area contributed by atoms with Gasteiger partial charge < -0.3 is 14.0 Å². The lowest BCUT2D eigenvalue weighted by molar-refractivity contribution is 0.393. The number of nitrogens with one attached hydrogen (secondary N) is 1. The maximum atomic E-state index is 13.1. The summed E-state index contributed by atoms with van der Waals surface area (Å²) in [5, 5.41) is 3.94. The van der Waals surface area contributed by atoms with Gasteiger partial charge in [-0.2, -0.15) is 0 Å². The SMILES string of the molecule is COc1cc(NS(=O)(=O)c2cc(-c3c(C)noc3C)ccc2C)cc(OC)c1. The van der Waals surface area contributed by atoms with Gasteiger partial charge in [-0.25, -0.2) is 8.42 Å². The van der Waals surface area contributed by atoms with Gasteiger partial charge in [0.15, 0.2) is 0 Å². The van der Waals surface area contributed by atoms with Gasteiger partial charge in [0.2, 0.25) is 0 Å². The fraction of sp³-hybridized carbons (Fsp3) is 0.250. The quantitative estimate of drug-likeness (QED) is 0.668. The molecule has 2 aromatic carbocycles. The van der Waals surface area contributed by atoms with Gasteiger partial charge in [0.1, 0.15) is 17.3 Å². The molecule has 1 aromatic heterocycles. The first kappa shape index (κ1) is 19.8. The van der Waals surface area contributed by atoms with Crippen LogP contribution in [0.15, 0.2) is 45.8 Å². The first-order valence-electron chi connectivity index (χ1n) is 8.55. The fourth-order valence-corrected chi connectivity index (χ4v) is 4.33. The standard InChI is InChI=1S/C20H22N2O5S/c1-12-6-7-15(20-13(2)21-27-14(20)3)8-19(12)28(23,24)22-16-9-17(25-4)11-18(10-16)26-5/h6-11,22H,1-5H3. The number of hydrogen-bond acceptors (Lipinski definition) is 6. The second kappa shape index (κ2) is 7.55. The van der Waals surface area contributed by atoms with Gasteiger partial charge >= 0.3 is 0 Å². The lowest BCUT2D eigenvalue weighted by atomic mass is 10.0. The molecule has 0 aliphatic carbocycles. The average Bonchev–Trinajstić information content (AvgIpc) is 2.99. The molecule has 7 nitrogen and oxygen atoms in total. The third kappa shape index (κ3) is 3.82. The van der Waals surface area contributed by atoms with Crippen LogP contribution in [0.1, 0.15) is 17.0 Å². The zero-order valence-corrected chi connectivity index (χ0v) is 17.2. The minimum absolute atomic E-state index is 0.173. The van der Waals surface area contributed by atoms with Crippen LogP contribution in [-0.2, 0) is 10.0 Å². The van der Waals surface area contributed by atoms with Crippen LogP contribution in [0.3, 0.4) is 0 Å². The molecule has 148 valence electrons. The first-order chi connectivity index (χ1) is 13.2. The summed E-state index contributed by atoms with van der Waals surface area (Å²) < 4.78 is 44.4. The van der Waals surface area contributed by atoms with E-state index in [1.807, 2.05) is 13.0 Å². The minimum Gasteiger partial charge on any atom is -0.497 e. The maximum Gasteiger partial charge on any atom is 0.262 e. The summed E-state index contributed by atoms with van der Waals surface area (Å²) in [7, 11) is -0.837. The number of rotatable bonds is 6. The molecule has 1 heterocycles. The van der Waals surface area contributed by atoms with Crippen molar-refractivity contribution in [3.63, 3.8) is 0 Å². The topological polar surface area (TPSA) is 90.7 Å². The van der Waals surface area contributed by atoms with E-state index < -0.39 is 10.0 Å². The Kier molecular flexibility index (Phi) is 5.33. The largest absolute Gasteiger partial charge is 0.497 e. The smallest absolute Gasteiger partial charge is 0.262 e. The lowest BCUT2D eigenvalue weighted by Gasteiger charge is -2.14. The van der Waals surface area contributed by atoms with Crippen LogP contribution in [0.5, 0.6) is 11.5 Å². The zero-order valence-electron chi connectivity index (χ0n) is 16.4. The highest BCUT2D eigenvalue weighted by Gasteiger charge is 2.21. The van der Waals surface area contributed by atoms with E-state index in [9.17, 15) is 8.42 Å². The number of hydrogen-bond donors (Lipinski definition) is 1. The molecular formula is C20H22N2O5S. The van der Waals surface area contributed by atoms with Crippen molar-refractivity contribution in [1.82, 2.24) is 5.16 Å². The Hall–Kier alpha value is -3.00. The third-order valence-electron chi connectivity index (χ3n) is 4.40. The van der Waals surface area contributed by atoms with Crippen molar-refractivity contribution in [3.05, 3.63) is 53.4 Å². The van der Waals surface area contributed by atoms with Crippen LogP contribution in [-0.4, -0.2) is 27.8 Å². The van der Waals surface area contributed by atoms with Crippen LogP contribution in [0.2, 0.25) is 0 Å². The highest BCUT2D eigenvalue weighted by molar-refractivity contribution is 7.92. The number of nitrogens with zero attached hydrogens (tertiary/aromatic N) is 1. The van der Waals surface area contributed by atoms with Gasteiger partial charge in [-0.05, 0) is 38.0 Å². The number of anilines is 1. The molecule has 0 fully saturated rings. The Bertz CT molecular complexity index is 1080. The van der Waals surface area contributed by atoms with Crippen molar-refractivity contribution in [1.29, 1.82) is 0 Å². The van der Waals surface area contributed by atoms with Crippen molar-refractivity contribution < 1.29 is 22.4 Å². The number of methoxy groups -OCH3 is 2. The normalized spacial score (nSPS) is 11.3. The lowest BCUT2D eigenvalue weighted by Crippen LogP contribution is -2.14. The first-order valence-corrected chi connectivity index (χ1v) is 10.0. The Balaban J connectivity index is 2.04. The summed E-state index contributed by atoms with van der Waals surface area (Å²) in [5.41, 5.74) is 3.19. The Labute approximate surface area is 164 Å². The van der Waals surface area contributed by atoms with Gasteiger partial charge in [0, 0.05) is 23.8 Å². The summed E-state index contributed by atoms with van der Waals surface area (Å²) in [4.78, 5) is 0.173. The number of sulfonamides is 1. The number of benzene rings is 2. The third-order valence-corrected chi connectivity index (χ3v) is 5.93. The highest BCUT2D eigenvalue weighted by Crippen LogP contribution is 2.32. The molecule has 0 radical (unpaired) electrons. The van der Waals surface area contributed by atoms with Crippen LogP contribution in [0.25, 0.3) is 11.1 Å². The van der Waals surface area contributed by atoms with Crippen molar-refractivity contribution in [3.8, 4) is 22.6 Å². The summed E-state index contributed by atoms with van der Waals surface area (Å²) in [5.74, 6) is 1.60. The van der Waals surface area contributed by atoms with Crippen LogP contribution < -0.4 is 14.2 Å². The molecule has 0 saturated carbocycles. The highest BCUT2D eigenvalue weighted by atomic mass is 32.2. The van der Waals surface area contributed by atoms with Gasteiger partial charge in [-0.1, -0.05) is 17.3 Å². The van der Waals surface area contributed by atoms with Crippen molar-refractivity contribution >= 4 is 15.7 Å². The van der Waals surface area contributed by atoms with E-state index in [1.54, 1.807) is 44.2 Å². The van der Waals surface area contributed by atoms with E-state index in [4.69, 9.17) is 14.0 Å². The van der Waals surface area contributed by atoms with E-state index >= 15 is 0 Å². The Morgan fingerprint density at radius 1 is 0.964 bits per heavy atom. The molecule has 0 amide bonds. The molecule has 3 rings (SSSR count). The second-order valence-corrected chi connectivity index (χ2v) is 8.04. The molecule has 28 heavy (non-hydrogen) atoms. The fourth-order valence-electron chi connectivity index (χ4n) is 3.02. The zero-order chi connectivity index (χ0) is 20.5. The summed E-state index contributed by atoms with van der Waals surface area (Å²) in [6.45, 7) is 5.36. The van der Waals surface area contributed by atoms with Crippen molar-refractivity contribution in [2.45, 2.75) is 25.7 Å². The van der Waals surface area contributed by atoms with Crippen LogP contribution in [0.4, 0.5) is 5.69 Å². The van der Waals surface area contributed by atoms with Gasteiger partial charge in [-0.15, -0.1) is 0 Å². The second-order valence-electron chi connectivity index (χ2n) is 6.39. The molecule has 0 aliphatic heterocycles. The van der Waals surface area contributed by atoms with Gasteiger partial charge in [0.25, 0.3) is 10.0 Å².